The summed E-state index contributed by atoms with van der Waals surface area (Å²) in [5, 5.41) is 4.63. The number of nitrogens with one attached hydrogen (secondary N) is 1. The zero-order valence-corrected chi connectivity index (χ0v) is 13.3. The number of ether oxygens (including phenoxy) is 1. The van der Waals surface area contributed by atoms with Gasteiger partial charge in [-0.25, -0.2) is 4.98 Å². The van der Waals surface area contributed by atoms with E-state index in [-0.39, 0.29) is 6.10 Å². The van der Waals surface area contributed by atoms with Gasteiger partial charge in [0.15, 0.2) is 0 Å². The summed E-state index contributed by atoms with van der Waals surface area (Å²) in [5.41, 5.74) is 1.17. The van der Waals surface area contributed by atoms with E-state index in [2.05, 4.69) is 24.1 Å². The van der Waals surface area contributed by atoms with Gasteiger partial charge < -0.3 is 10.1 Å². The first-order valence-electron chi connectivity index (χ1n) is 7.80. The van der Waals surface area contributed by atoms with Gasteiger partial charge in [0.1, 0.15) is 11.1 Å². The molecular weight excluding hydrogens is 270 g/mol. The van der Waals surface area contributed by atoms with Crippen molar-refractivity contribution in [3.8, 4) is 0 Å². The second-order valence-corrected chi connectivity index (χ2v) is 6.97. The fourth-order valence-corrected chi connectivity index (χ4v) is 4.17. The number of hydrogen-bond acceptors (Lipinski definition) is 5. The summed E-state index contributed by atoms with van der Waals surface area (Å²) in [7, 11) is 0. The molecule has 0 amide bonds. The van der Waals surface area contributed by atoms with Gasteiger partial charge in [0.2, 0.25) is 0 Å². The molecule has 0 radical (unpaired) electrons. The third-order valence-electron chi connectivity index (χ3n) is 4.29. The van der Waals surface area contributed by atoms with E-state index in [1.165, 1.54) is 41.4 Å². The average molecular weight is 295 g/mol. The molecule has 5 heteroatoms. The Morgan fingerprint density at radius 1 is 1.50 bits per heavy atom. The predicted octanol–water partition coefficient (Wildman–Crippen LogP) is 2.49. The van der Waals surface area contributed by atoms with Gasteiger partial charge in [-0.1, -0.05) is 6.92 Å². The Labute approximate surface area is 125 Å². The number of aromatic nitrogens is 1. The van der Waals surface area contributed by atoms with Crippen LogP contribution in [0.2, 0.25) is 0 Å². The van der Waals surface area contributed by atoms with Crippen LogP contribution >= 0.6 is 11.3 Å². The minimum atomic E-state index is 0.188. The molecule has 0 spiro atoms. The number of morpholine rings is 1. The van der Waals surface area contributed by atoms with E-state index >= 15 is 0 Å². The molecule has 2 aliphatic heterocycles. The molecule has 20 heavy (non-hydrogen) atoms. The van der Waals surface area contributed by atoms with E-state index in [1.54, 1.807) is 0 Å². The lowest BCUT2D eigenvalue weighted by molar-refractivity contribution is -0.0502. The monoisotopic (exact) mass is 295 g/mol. The Kier molecular flexibility index (Phi) is 4.71. The summed E-state index contributed by atoms with van der Waals surface area (Å²) in [6.07, 6.45) is 3.99. The number of hydrogen-bond donors (Lipinski definition) is 1. The summed E-state index contributed by atoms with van der Waals surface area (Å²) in [5.74, 6) is 0. The van der Waals surface area contributed by atoms with Gasteiger partial charge in [0.25, 0.3) is 0 Å². The standard InChI is InChI=1S/C15H25N3OS/c1-3-6-16-8-14-11(2)17-15(20-14)13-9-18-7-4-5-12(18)10-19-13/h12-13,16H,3-10H2,1-2H3. The molecule has 0 aromatic carbocycles. The highest BCUT2D eigenvalue weighted by Crippen LogP contribution is 2.33. The number of rotatable bonds is 5. The molecule has 2 unspecified atom stereocenters. The number of aryl methyl sites for hydroxylation is 1. The van der Waals surface area contributed by atoms with Crippen LogP contribution in [0.3, 0.4) is 0 Å². The van der Waals surface area contributed by atoms with Gasteiger partial charge >= 0.3 is 0 Å². The van der Waals surface area contributed by atoms with Crippen molar-refractivity contribution in [2.45, 2.75) is 51.8 Å². The van der Waals surface area contributed by atoms with Crippen LogP contribution in [0.1, 0.15) is 47.9 Å². The summed E-state index contributed by atoms with van der Waals surface area (Å²) in [6.45, 7) is 9.47. The maximum absolute atomic E-state index is 6.06. The lowest BCUT2D eigenvalue weighted by atomic mass is 10.2. The third kappa shape index (κ3) is 3.06. The van der Waals surface area contributed by atoms with Crippen LogP contribution in [-0.4, -0.2) is 42.2 Å². The van der Waals surface area contributed by atoms with E-state index < -0.39 is 0 Å². The van der Waals surface area contributed by atoms with Crippen molar-refractivity contribution in [3.05, 3.63) is 15.6 Å². The molecule has 1 N–H and O–H groups in total. The SMILES string of the molecule is CCCNCc1sc(C2CN3CCCC3CO2)nc1C. The summed E-state index contributed by atoms with van der Waals surface area (Å²) >= 11 is 1.83. The molecule has 2 atom stereocenters. The molecule has 1 aromatic heterocycles. The van der Waals surface area contributed by atoms with Gasteiger partial charge in [0, 0.05) is 24.0 Å². The lowest BCUT2D eigenvalue weighted by Gasteiger charge is -2.34. The Morgan fingerprint density at radius 2 is 2.40 bits per heavy atom. The summed E-state index contributed by atoms with van der Waals surface area (Å²) in [6, 6.07) is 0.665. The Balaban J connectivity index is 1.63. The molecule has 4 nitrogen and oxygen atoms in total. The quantitative estimate of drug-likeness (QED) is 0.847. The molecule has 1 aromatic rings. The number of nitrogens with zero attached hydrogens (tertiary/aromatic N) is 2. The van der Waals surface area contributed by atoms with Crippen molar-refractivity contribution >= 4 is 11.3 Å². The molecule has 3 rings (SSSR count). The van der Waals surface area contributed by atoms with E-state index in [4.69, 9.17) is 9.72 Å². The van der Waals surface area contributed by atoms with E-state index in [0.29, 0.717) is 6.04 Å². The molecule has 0 saturated carbocycles. The summed E-state index contributed by atoms with van der Waals surface area (Å²) < 4.78 is 6.06. The fourth-order valence-electron chi connectivity index (χ4n) is 3.10. The van der Waals surface area contributed by atoms with Crippen molar-refractivity contribution in [2.24, 2.45) is 0 Å². The maximum Gasteiger partial charge on any atom is 0.123 e. The van der Waals surface area contributed by atoms with Gasteiger partial charge in [-0.2, -0.15) is 0 Å². The Bertz CT molecular complexity index is 448. The van der Waals surface area contributed by atoms with Crippen LogP contribution in [-0.2, 0) is 11.3 Å². The van der Waals surface area contributed by atoms with Crippen LogP contribution in [0.25, 0.3) is 0 Å². The molecule has 2 fully saturated rings. The van der Waals surface area contributed by atoms with E-state index in [1.807, 2.05) is 11.3 Å². The first-order chi connectivity index (χ1) is 9.78. The normalized spacial score (nSPS) is 26.9. The maximum atomic E-state index is 6.06. The largest absolute Gasteiger partial charge is 0.368 e. The highest BCUT2D eigenvalue weighted by molar-refractivity contribution is 7.11. The highest BCUT2D eigenvalue weighted by Gasteiger charge is 2.34. The number of thiazole rings is 1. The van der Waals surface area contributed by atoms with Crippen LogP contribution in [0, 0.1) is 6.92 Å². The second kappa shape index (κ2) is 6.52. The van der Waals surface area contributed by atoms with Crippen molar-refractivity contribution in [1.82, 2.24) is 15.2 Å². The molecule has 2 saturated heterocycles. The zero-order valence-electron chi connectivity index (χ0n) is 12.5. The molecule has 2 aliphatic rings. The third-order valence-corrected chi connectivity index (χ3v) is 5.54. The molecule has 112 valence electrons. The van der Waals surface area contributed by atoms with Crippen LogP contribution < -0.4 is 5.32 Å². The highest BCUT2D eigenvalue weighted by atomic mass is 32.1. The van der Waals surface area contributed by atoms with Crippen molar-refractivity contribution in [3.63, 3.8) is 0 Å². The average Bonchev–Trinajstić information content (AvgIpc) is 3.05. The first kappa shape index (κ1) is 14.4. The molecule has 0 aliphatic carbocycles. The van der Waals surface area contributed by atoms with Gasteiger partial charge in [-0.3, -0.25) is 4.90 Å². The fraction of sp³-hybridized carbons (Fsp3) is 0.800. The minimum Gasteiger partial charge on any atom is -0.368 e. The van der Waals surface area contributed by atoms with Gasteiger partial charge in [0.05, 0.1) is 12.3 Å². The van der Waals surface area contributed by atoms with E-state index in [0.717, 1.165) is 26.2 Å². The van der Waals surface area contributed by atoms with Crippen LogP contribution in [0.4, 0.5) is 0 Å². The minimum absolute atomic E-state index is 0.188. The van der Waals surface area contributed by atoms with Crippen molar-refractivity contribution in [1.29, 1.82) is 0 Å². The Hall–Kier alpha value is -0.490. The smallest absolute Gasteiger partial charge is 0.123 e. The van der Waals surface area contributed by atoms with Gasteiger partial charge in [-0.05, 0) is 39.3 Å². The van der Waals surface area contributed by atoms with Crippen LogP contribution in [0.15, 0.2) is 0 Å². The Morgan fingerprint density at radius 3 is 3.25 bits per heavy atom. The second-order valence-electron chi connectivity index (χ2n) is 5.85. The molecule has 0 bridgehead atoms. The summed E-state index contributed by atoms with van der Waals surface area (Å²) in [4.78, 5) is 8.70. The van der Waals surface area contributed by atoms with Gasteiger partial charge in [-0.15, -0.1) is 11.3 Å². The zero-order chi connectivity index (χ0) is 13.9. The predicted molar refractivity (Wildman–Crippen MR) is 82.1 cm³/mol. The topological polar surface area (TPSA) is 37.4 Å². The number of fused-ring (bicyclic) bond motifs is 1. The molecule has 3 heterocycles. The van der Waals surface area contributed by atoms with Crippen molar-refractivity contribution in [2.75, 3.05) is 26.2 Å². The van der Waals surface area contributed by atoms with Crippen LogP contribution in [0.5, 0.6) is 0 Å². The first-order valence-corrected chi connectivity index (χ1v) is 8.62. The molecular formula is C15H25N3OS. The van der Waals surface area contributed by atoms with E-state index in [9.17, 15) is 0 Å². The van der Waals surface area contributed by atoms with Crippen molar-refractivity contribution < 1.29 is 4.74 Å². The lowest BCUT2D eigenvalue weighted by Crippen LogP contribution is -2.42.